The van der Waals surface area contributed by atoms with Crippen molar-refractivity contribution in [2.75, 3.05) is 12.3 Å². The molecule has 2 rings (SSSR count). The molecule has 1 heterocycles. The number of ether oxygens (including phenoxy) is 1. The van der Waals surface area contributed by atoms with Gasteiger partial charge in [0.25, 0.3) is 0 Å². The zero-order chi connectivity index (χ0) is 9.42. The number of nitrogens with two attached hydrogens (primary N) is 2. The molecule has 1 aliphatic heterocycles. The largest absolute Gasteiger partial charge is 0.491 e. The molecule has 0 saturated heterocycles. The van der Waals surface area contributed by atoms with E-state index in [4.69, 9.17) is 16.2 Å². The fourth-order valence-electron chi connectivity index (χ4n) is 1.75. The third kappa shape index (κ3) is 1.16. The van der Waals surface area contributed by atoms with Gasteiger partial charge in [-0.2, -0.15) is 0 Å². The summed E-state index contributed by atoms with van der Waals surface area (Å²) in [6, 6.07) is 3.86. The van der Waals surface area contributed by atoms with Gasteiger partial charge in [-0.3, -0.25) is 0 Å². The van der Waals surface area contributed by atoms with Crippen LogP contribution < -0.4 is 16.2 Å². The number of fused-ring (bicyclic) bond motifs is 1. The summed E-state index contributed by atoms with van der Waals surface area (Å²) in [6.45, 7) is 2.65. The molecule has 1 aromatic rings. The Morgan fingerprint density at radius 1 is 1.54 bits per heavy atom. The van der Waals surface area contributed by atoms with Crippen molar-refractivity contribution < 1.29 is 4.74 Å². The molecule has 0 radical (unpaired) electrons. The minimum atomic E-state index is -0.0542. The van der Waals surface area contributed by atoms with Gasteiger partial charge in [-0.25, -0.2) is 0 Å². The molecule has 0 aromatic heterocycles. The fraction of sp³-hybridized carbons (Fsp3) is 0.400. The van der Waals surface area contributed by atoms with Crippen molar-refractivity contribution >= 4 is 5.69 Å². The van der Waals surface area contributed by atoms with E-state index in [1.807, 2.05) is 12.1 Å². The molecular formula is C10H14N2O. The molecule has 1 aliphatic rings. The first-order chi connectivity index (χ1) is 6.24. The molecule has 1 atom stereocenters. The number of anilines is 1. The summed E-state index contributed by atoms with van der Waals surface area (Å²) >= 11 is 0. The molecule has 13 heavy (non-hydrogen) atoms. The van der Waals surface area contributed by atoms with Crippen molar-refractivity contribution in [3.8, 4) is 5.75 Å². The van der Waals surface area contributed by atoms with Gasteiger partial charge in [0.15, 0.2) is 0 Å². The van der Waals surface area contributed by atoms with Crippen LogP contribution in [0.5, 0.6) is 5.75 Å². The summed E-state index contributed by atoms with van der Waals surface area (Å²) in [6.07, 6.45) is 0.954. The number of nitrogen functional groups attached to an aromatic ring is 1. The second kappa shape index (κ2) is 2.92. The van der Waals surface area contributed by atoms with Gasteiger partial charge in [0.1, 0.15) is 12.4 Å². The minimum absolute atomic E-state index is 0.0542. The van der Waals surface area contributed by atoms with E-state index in [2.05, 4.69) is 6.92 Å². The van der Waals surface area contributed by atoms with Crippen LogP contribution in [0.25, 0.3) is 0 Å². The molecular weight excluding hydrogens is 164 g/mol. The van der Waals surface area contributed by atoms with E-state index in [1.54, 1.807) is 0 Å². The average molecular weight is 178 g/mol. The molecule has 0 aliphatic carbocycles. The molecule has 3 nitrogen and oxygen atoms in total. The first-order valence-corrected chi connectivity index (χ1v) is 4.53. The van der Waals surface area contributed by atoms with Crippen LogP contribution in [0, 0.1) is 0 Å². The van der Waals surface area contributed by atoms with Crippen molar-refractivity contribution in [2.45, 2.75) is 19.4 Å². The topological polar surface area (TPSA) is 61.3 Å². The van der Waals surface area contributed by atoms with E-state index in [-0.39, 0.29) is 6.04 Å². The van der Waals surface area contributed by atoms with Crippen LogP contribution in [0.2, 0.25) is 0 Å². The van der Waals surface area contributed by atoms with Crippen molar-refractivity contribution in [1.29, 1.82) is 0 Å². The highest BCUT2D eigenvalue weighted by Crippen LogP contribution is 2.38. The van der Waals surface area contributed by atoms with E-state index in [0.29, 0.717) is 6.61 Å². The summed E-state index contributed by atoms with van der Waals surface area (Å²) in [7, 11) is 0. The zero-order valence-corrected chi connectivity index (χ0v) is 7.71. The number of hydrogen-bond donors (Lipinski definition) is 2. The normalized spacial score (nSPS) is 19.7. The summed E-state index contributed by atoms with van der Waals surface area (Å²) in [5.41, 5.74) is 14.6. The number of hydrogen-bond acceptors (Lipinski definition) is 3. The highest BCUT2D eigenvalue weighted by Gasteiger charge is 2.25. The van der Waals surface area contributed by atoms with Crippen molar-refractivity contribution in [3.63, 3.8) is 0 Å². The van der Waals surface area contributed by atoms with Gasteiger partial charge in [0.05, 0.1) is 6.04 Å². The van der Waals surface area contributed by atoms with E-state index >= 15 is 0 Å². The maximum atomic E-state index is 5.87. The highest BCUT2D eigenvalue weighted by molar-refractivity contribution is 5.61. The van der Waals surface area contributed by atoms with Crippen molar-refractivity contribution in [3.05, 3.63) is 23.3 Å². The molecule has 0 fully saturated rings. The Morgan fingerprint density at radius 3 is 3.00 bits per heavy atom. The molecule has 0 amide bonds. The third-order valence-electron chi connectivity index (χ3n) is 2.47. The second-order valence-corrected chi connectivity index (χ2v) is 3.33. The third-order valence-corrected chi connectivity index (χ3v) is 2.47. The summed E-state index contributed by atoms with van der Waals surface area (Å²) < 4.78 is 5.51. The lowest BCUT2D eigenvalue weighted by atomic mass is 10.0. The van der Waals surface area contributed by atoms with Crippen LogP contribution in [0.3, 0.4) is 0 Å². The van der Waals surface area contributed by atoms with Crippen molar-refractivity contribution in [1.82, 2.24) is 0 Å². The van der Waals surface area contributed by atoms with Crippen LogP contribution in [0.15, 0.2) is 12.1 Å². The minimum Gasteiger partial charge on any atom is -0.491 e. The Hall–Kier alpha value is -1.22. The summed E-state index contributed by atoms with van der Waals surface area (Å²) in [5, 5.41) is 0. The van der Waals surface area contributed by atoms with Crippen LogP contribution in [-0.2, 0) is 6.42 Å². The molecule has 0 spiro atoms. The van der Waals surface area contributed by atoms with Crippen molar-refractivity contribution in [2.24, 2.45) is 5.73 Å². The van der Waals surface area contributed by atoms with Crippen LogP contribution in [0.4, 0.5) is 5.69 Å². The standard InChI is InChI=1S/C10H14N2O/c1-2-6-3-4-7(11)9-8(12)5-13-10(6)9/h3-4,8H,2,5,11-12H2,1H3. The van der Waals surface area contributed by atoms with Crippen LogP contribution >= 0.6 is 0 Å². The van der Waals surface area contributed by atoms with Gasteiger partial charge < -0.3 is 16.2 Å². The Kier molecular flexibility index (Phi) is 1.88. The SMILES string of the molecule is CCc1ccc(N)c2c1OCC2N. The predicted octanol–water partition coefficient (Wildman–Crippen LogP) is 1.22. The van der Waals surface area contributed by atoms with E-state index < -0.39 is 0 Å². The first-order valence-electron chi connectivity index (χ1n) is 4.53. The Morgan fingerprint density at radius 2 is 2.31 bits per heavy atom. The summed E-state index contributed by atoms with van der Waals surface area (Å²) in [4.78, 5) is 0. The summed E-state index contributed by atoms with van der Waals surface area (Å²) in [5.74, 6) is 0.912. The van der Waals surface area contributed by atoms with Gasteiger partial charge in [-0.1, -0.05) is 13.0 Å². The Balaban J connectivity index is 2.59. The van der Waals surface area contributed by atoms with Crippen LogP contribution in [-0.4, -0.2) is 6.61 Å². The van der Waals surface area contributed by atoms with Gasteiger partial charge in [0, 0.05) is 11.3 Å². The Bertz CT molecular complexity index is 336. The fourth-order valence-corrected chi connectivity index (χ4v) is 1.75. The Labute approximate surface area is 77.7 Å². The van der Waals surface area contributed by atoms with Gasteiger partial charge in [-0.05, 0) is 18.1 Å². The van der Waals surface area contributed by atoms with Gasteiger partial charge in [0.2, 0.25) is 0 Å². The lowest BCUT2D eigenvalue weighted by molar-refractivity contribution is 0.331. The second-order valence-electron chi connectivity index (χ2n) is 3.33. The lowest BCUT2D eigenvalue weighted by Gasteiger charge is -2.08. The number of benzene rings is 1. The number of aryl methyl sites for hydroxylation is 1. The van der Waals surface area contributed by atoms with Gasteiger partial charge >= 0.3 is 0 Å². The van der Waals surface area contributed by atoms with Gasteiger partial charge in [-0.15, -0.1) is 0 Å². The van der Waals surface area contributed by atoms with Crippen LogP contribution in [0.1, 0.15) is 24.1 Å². The molecule has 3 heteroatoms. The first kappa shape index (κ1) is 8.38. The smallest absolute Gasteiger partial charge is 0.129 e. The maximum Gasteiger partial charge on any atom is 0.129 e. The maximum absolute atomic E-state index is 5.87. The quantitative estimate of drug-likeness (QED) is 0.636. The molecule has 0 bridgehead atoms. The molecule has 4 N–H and O–H groups in total. The van der Waals surface area contributed by atoms with E-state index in [0.717, 1.165) is 23.4 Å². The van der Waals surface area contributed by atoms with E-state index in [1.165, 1.54) is 5.56 Å². The average Bonchev–Trinajstić information content (AvgIpc) is 2.50. The molecule has 1 unspecified atom stereocenters. The lowest BCUT2D eigenvalue weighted by Crippen LogP contribution is -2.12. The zero-order valence-electron chi connectivity index (χ0n) is 7.71. The van der Waals surface area contributed by atoms with E-state index in [9.17, 15) is 0 Å². The highest BCUT2D eigenvalue weighted by atomic mass is 16.5. The predicted molar refractivity (Wildman–Crippen MR) is 52.7 cm³/mol. The molecule has 1 aromatic carbocycles. The monoisotopic (exact) mass is 178 g/mol. The molecule has 0 saturated carbocycles. The number of rotatable bonds is 1. The molecule has 70 valence electrons.